The van der Waals surface area contributed by atoms with Gasteiger partial charge in [-0.15, -0.1) is 0 Å². The van der Waals surface area contributed by atoms with Gasteiger partial charge in [0.25, 0.3) is 0 Å². The van der Waals surface area contributed by atoms with Gasteiger partial charge in [-0.2, -0.15) is 0 Å². The van der Waals surface area contributed by atoms with Crippen LogP contribution in [-0.2, 0) is 19.3 Å². The molecule has 140 valence electrons. The predicted molar refractivity (Wildman–Crippen MR) is 109 cm³/mol. The van der Waals surface area contributed by atoms with Gasteiger partial charge in [-0.1, -0.05) is 51.0 Å². The highest BCUT2D eigenvalue weighted by Crippen LogP contribution is 2.36. The Morgan fingerprint density at radius 2 is 1.42 bits per heavy atom. The monoisotopic (exact) mass is 350 g/mol. The number of rotatable bonds is 8. The number of hydrogen-bond acceptors (Lipinski definition) is 2. The maximum absolute atomic E-state index is 4.66. The Hall–Kier alpha value is -1.70. The van der Waals surface area contributed by atoms with E-state index in [0.717, 1.165) is 24.6 Å². The molecule has 1 fully saturated rings. The molecule has 0 spiro atoms. The topological polar surface area (TPSA) is 25.8 Å². The lowest BCUT2D eigenvalue weighted by atomic mass is 9.78. The molecule has 1 aromatic carbocycles. The molecule has 0 saturated heterocycles. The van der Waals surface area contributed by atoms with Gasteiger partial charge in [0, 0.05) is 18.8 Å². The Morgan fingerprint density at radius 3 is 2.00 bits per heavy atom. The smallest absolute Gasteiger partial charge is 0.128 e. The molecule has 0 amide bonds. The first-order valence-corrected chi connectivity index (χ1v) is 10.7. The van der Waals surface area contributed by atoms with Crippen LogP contribution in [-0.4, -0.2) is 9.97 Å². The fraction of sp³-hybridized carbons (Fsp3) is 0.583. The van der Waals surface area contributed by atoms with Crippen LogP contribution in [0.25, 0.3) is 0 Å². The summed E-state index contributed by atoms with van der Waals surface area (Å²) in [5.41, 5.74) is 4.19. The zero-order valence-electron chi connectivity index (χ0n) is 16.6. The van der Waals surface area contributed by atoms with Gasteiger partial charge in [0.15, 0.2) is 0 Å². The van der Waals surface area contributed by atoms with E-state index in [2.05, 4.69) is 60.5 Å². The van der Waals surface area contributed by atoms with Gasteiger partial charge < -0.3 is 0 Å². The molecule has 1 aliphatic rings. The van der Waals surface area contributed by atoms with Crippen LogP contribution >= 0.6 is 0 Å². The second-order valence-electron chi connectivity index (χ2n) is 7.98. The zero-order valence-corrected chi connectivity index (χ0v) is 16.6. The number of nitrogens with zero attached hydrogens (tertiary/aromatic N) is 2. The van der Waals surface area contributed by atoms with E-state index in [0.29, 0.717) is 5.92 Å². The molecule has 0 unspecified atom stereocenters. The molecule has 3 rings (SSSR count). The molecule has 26 heavy (non-hydrogen) atoms. The Labute approximate surface area is 159 Å². The number of benzene rings is 1. The molecule has 0 radical (unpaired) electrons. The number of aromatic nitrogens is 2. The predicted octanol–water partition coefficient (Wildman–Crippen LogP) is 6.29. The lowest BCUT2D eigenvalue weighted by Gasteiger charge is -2.27. The standard InChI is InChI=1S/C24H34N2/c1-3-5-6-20-7-9-21(10-8-20)13-16-24-25-17-23(18-26-24)22-14-11-19(4-2)12-15-22/h7-10,17-19,22H,3-6,11-16H2,1-2H3/t19-,22-. The molecule has 1 aromatic heterocycles. The molecule has 0 aliphatic heterocycles. The third kappa shape index (κ3) is 5.40. The maximum Gasteiger partial charge on any atom is 0.128 e. The first-order chi connectivity index (χ1) is 12.8. The van der Waals surface area contributed by atoms with Crippen molar-refractivity contribution < 1.29 is 0 Å². The van der Waals surface area contributed by atoms with E-state index in [4.69, 9.17) is 0 Å². The summed E-state index contributed by atoms with van der Waals surface area (Å²) in [7, 11) is 0. The molecule has 0 N–H and O–H groups in total. The molecule has 2 aromatic rings. The summed E-state index contributed by atoms with van der Waals surface area (Å²) < 4.78 is 0. The van der Waals surface area contributed by atoms with Gasteiger partial charge in [-0.3, -0.25) is 0 Å². The van der Waals surface area contributed by atoms with Crippen molar-refractivity contribution in [1.29, 1.82) is 0 Å². The average Bonchev–Trinajstić information content (AvgIpc) is 2.72. The van der Waals surface area contributed by atoms with Crippen LogP contribution in [0.15, 0.2) is 36.7 Å². The van der Waals surface area contributed by atoms with E-state index in [1.54, 1.807) is 0 Å². The maximum atomic E-state index is 4.66. The SMILES string of the molecule is CCCCc1ccc(CCc2ncc([C@H]3CC[C@H](CC)CC3)cn2)cc1. The van der Waals surface area contributed by atoms with Crippen molar-refractivity contribution in [3.63, 3.8) is 0 Å². The van der Waals surface area contributed by atoms with E-state index in [9.17, 15) is 0 Å². The molecular weight excluding hydrogens is 316 g/mol. The minimum absolute atomic E-state index is 0.683. The van der Waals surface area contributed by atoms with E-state index < -0.39 is 0 Å². The average molecular weight is 351 g/mol. The summed E-state index contributed by atoms with van der Waals surface area (Å²) in [6.07, 6.45) is 16.6. The quantitative estimate of drug-likeness (QED) is 0.559. The van der Waals surface area contributed by atoms with E-state index >= 15 is 0 Å². The zero-order chi connectivity index (χ0) is 18.2. The van der Waals surface area contributed by atoms with Gasteiger partial charge in [0.05, 0.1) is 0 Å². The van der Waals surface area contributed by atoms with Crippen molar-refractivity contribution in [1.82, 2.24) is 9.97 Å². The fourth-order valence-corrected chi connectivity index (χ4v) is 4.12. The van der Waals surface area contributed by atoms with Crippen LogP contribution in [0.5, 0.6) is 0 Å². The summed E-state index contributed by atoms with van der Waals surface area (Å²) >= 11 is 0. The second kappa shape index (κ2) is 9.85. The van der Waals surface area contributed by atoms with Gasteiger partial charge in [0.2, 0.25) is 0 Å². The highest BCUT2D eigenvalue weighted by Gasteiger charge is 2.21. The van der Waals surface area contributed by atoms with Crippen molar-refractivity contribution in [2.45, 2.75) is 84.0 Å². The van der Waals surface area contributed by atoms with Gasteiger partial charge in [0.1, 0.15) is 5.82 Å². The first-order valence-electron chi connectivity index (χ1n) is 10.7. The summed E-state index contributed by atoms with van der Waals surface area (Å²) in [5, 5.41) is 0. The van der Waals surface area contributed by atoms with Crippen LogP contribution in [0.2, 0.25) is 0 Å². The summed E-state index contributed by atoms with van der Waals surface area (Å²) in [4.78, 5) is 9.31. The molecule has 2 nitrogen and oxygen atoms in total. The van der Waals surface area contributed by atoms with E-state index in [1.807, 2.05) is 0 Å². The van der Waals surface area contributed by atoms with Gasteiger partial charge >= 0.3 is 0 Å². The molecule has 0 bridgehead atoms. The molecule has 1 heterocycles. The molecule has 1 saturated carbocycles. The molecular formula is C24H34N2. The van der Waals surface area contributed by atoms with Crippen molar-refractivity contribution >= 4 is 0 Å². The minimum Gasteiger partial charge on any atom is -0.241 e. The molecule has 1 aliphatic carbocycles. The molecule has 0 atom stereocenters. The second-order valence-corrected chi connectivity index (χ2v) is 7.98. The van der Waals surface area contributed by atoms with E-state index in [1.165, 1.54) is 68.1 Å². The Balaban J connectivity index is 1.48. The lowest BCUT2D eigenvalue weighted by molar-refractivity contribution is 0.318. The summed E-state index contributed by atoms with van der Waals surface area (Å²) in [5.74, 6) is 2.60. The highest BCUT2D eigenvalue weighted by molar-refractivity contribution is 5.23. The summed E-state index contributed by atoms with van der Waals surface area (Å²) in [6, 6.07) is 9.10. The Morgan fingerprint density at radius 1 is 0.808 bits per heavy atom. The van der Waals surface area contributed by atoms with Crippen LogP contribution in [0.1, 0.15) is 87.2 Å². The Kier molecular flexibility index (Phi) is 7.22. The van der Waals surface area contributed by atoms with Crippen LogP contribution in [0.3, 0.4) is 0 Å². The van der Waals surface area contributed by atoms with Crippen LogP contribution < -0.4 is 0 Å². The van der Waals surface area contributed by atoms with Crippen molar-refractivity contribution in [3.8, 4) is 0 Å². The highest BCUT2D eigenvalue weighted by atomic mass is 14.9. The number of unbranched alkanes of at least 4 members (excludes halogenated alkanes) is 1. The van der Waals surface area contributed by atoms with Crippen molar-refractivity contribution in [2.75, 3.05) is 0 Å². The third-order valence-corrected chi connectivity index (χ3v) is 6.10. The number of hydrogen-bond donors (Lipinski definition) is 0. The summed E-state index contributed by atoms with van der Waals surface area (Å²) in [6.45, 7) is 4.57. The van der Waals surface area contributed by atoms with Crippen molar-refractivity contribution in [3.05, 3.63) is 59.2 Å². The van der Waals surface area contributed by atoms with Crippen molar-refractivity contribution in [2.24, 2.45) is 5.92 Å². The van der Waals surface area contributed by atoms with Gasteiger partial charge in [-0.25, -0.2) is 9.97 Å². The lowest BCUT2D eigenvalue weighted by Crippen LogP contribution is -2.13. The Bertz CT molecular complexity index is 637. The largest absolute Gasteiger partial charge is 0.241 e. The number of aryl methyl sites for hydroxylation is 3. The van der Waals surface area contributed by atoms with E-state index in [-0.39, 0.29) is 0 Å². The normalized spacial score (nSPS) is 20.2. The minimum atomic E-state index is 0.683. The molecule has 2 heteroatoms. The fourth-order valence-electron chi connectivity index (χ4n) is 4.12. The van der Waals surface area contributed by atoms with Crippen LogP contribution in [0.4, 0.5) is 0 Å². The first kappa shape index (κ1) is 19.1. The third-order valence-electron chi connectivity index (χ3n) is 6.10. The van der Waals surface area contributed by atoms with Gasteiger partial charge in [-0.05, 0) is 73.5 Å². The van der Waals surface area contributed by atoms with Crippen LogP contribution in [0, 0.1) is 5.92 Å².